The highest BCUT2D eigenvalue weighted by Crippen LogP contribution is 2.68. The number of Topliss-reactive ketones (excluding diaryl/α,β-unsaturated/α-hetero) is 1. The Balaban J connectivity index is 1.71. The van der Waals surface area contributed by atoms with Gasteiger partial charge in [-0.2, -0.15) is 0 Å². The molecule has 0 radical (unpaired) electrons. The number of ketones is 2. The van der Waals surface area contributed by atoms with Crippen molar-refractivity contribution in [2.75, 3.05) is 0 Å². The van der Waals surface area contributed by atoms with E-state index < -0.39 is 9.34 Å². The Morgan fingerprint density at radius 3 is 2.41 bits per heavy atom. The highest BCUT2D eigenvalue weighted by molar-refractivity contribution is 9.25. The standard InChI is InChI=1S/C23H30Br2O4/c1-13(26)29-23(19(28)20(24)25)11-8-18-16-5-4-14-12-15(27)6-9-21(14,2)17(16)7-10-22(18,23)3/h12,16-18,20H,4-11H2,1-3H3/t16-,17+,18+,21+,22+,23-/m1/s1. The zero-order valence-corrected chi connectivity index (χ0v) is 20.6. The molecule has 4 aliphatic carbocycles. The third-order valence-corrected chi connectivity index (χ3v) is 9.83. The topological polar surface area (TPSA) is 60.4 Å². The summed E-state index contributed by atoms with van der Waals surface area (Å²) in [6.45, 7) is 5.95. The molecular formula is C23H30Br2O4. The number of hydrogen-bond acceptors (Lipinski definition) is 4. The molecule has 29 heavy (non-hydrogen) atoms. The van der Waals surface area contributed by atoms with Gasteiger partial charge in [-0.1, -0.05) is 51.3 Å². The smallest absolute Gasteiger partial charge is 0.303 e. The van der Waals surface area contributed by atoms with Crippen LogP contribution in [0.3, 0.4) is 0 Å². The van der Waals surface area contributed by atoms with Crippen LogP contribution in [0.2, 0.25) is 0 Å². The van der Waals surface area contributed by atoms with E-state index in [1.54, 1.807) is 0 Å². The Hall–Kier alpha value is -0.490. The van der Waals surface area contributed by atoms with Gasteiger partial charge >= 0.3 is 5.97 Å². The predicted octanol–water partition coefficient (Wildman–Crippen LogP) is 5.51. The van der Waals surface area contributed by atoms with Gasteiger partial charge in [-0.15, -0.1) is 0 Å². The lowest BCUT2D eigenvalue weighted by Gasteiger charge is -2.59. The molecule has 4 rings (SSSR count). The van der Waals surface area contributed by atoms with Crippen LogP contribution in [0, 0.1) is 28.6 Å². The molecule has 6 atom stereocenters. The molecule has 0 aromatic rings. The van der Waals surface area contributed by atoms with E-state index in [9.17, 15) is 14.4 Å². The maximum atomic E-state index is 13.3. The van der Waals surface area contributed by atoms with Gasteiger partial charge in [0.15, 0.2) is 11.4 Å². The molecule has 3 saturated carbocycles. The van der Waals surface area contributed by atoms with Crippen molar-refractivity contribution < 1.29 is 19.1 Å². The van der Waals surface area contributed by atoms with Gasteiger partial charge in [-0.25, -0.2) is 0 Å². The van der Waals surface area contributed by atoms with Crippen molar-refractivity contribution in [1.82, 2.24) is 0 Å². The summed E-state index contributed by atoms with van der Waals surface area (Å²) in [6, 6.07) is 0. The maximum absolute atomic E-state index is 13.3. The quantitative estimate of drug-likeness (QED) is 0.357. The van der Waals surface area contributed by atoms with Crippen LogP contribution in [0.4, 0.5) is 0 Å². The molecule has 3 fully saturated rings. The molecule has 0 amide bonds. The number of carbonyl (C=O) groups excluding carboxylic acids is 3. The number of fused-ring (bicyclic) bond motifs is 5. The molecule has 0 N–H and O–H groups in total. The van der Waals surface area contributed by atoms with Crippen molar-refractivity contribution in [3.63, 3.8) is 0 Å². The number of alkyl halides is 2. The zero-order valence-electron chi connectivity index (χ0n) is 17.4. The number of rotatable bonds is 3. The van der Waals surface area contributed by atoms with Crippen LogP contribution in [0.25, 0.3) is 0 Å². The molecule has 0 saturated heterocycles. The van der Waals surface area contributed by atoms with Crippen LogP contribution in [0.5, 0.6) is 0 Å². The van der Waals surface area contributed by atoms with Gasteiger partial charge in [0, 0.05) is 18.8 Å². The van der Waals surface area contributed by atoms with E-state index in [1.165, 1.54) is 12.5 Å². The first kappa shape index (κ1) is 21.7. The first-order valence-corrected chi connectivity index (χ1v) is 12.6. The largest absolute Gasteiger partial charge is 0.451 e. The van der Waals surface area contributed by atoms with Crippen molar-refractivity contribution in [3.8, 4) is 0 Å². The maximum Gasteiger partial charge on any atom is 0.303 e. The second-order valence-corrected chi connectivity index (χ2v) is 13.1. The van der Waals surface area contributed by atoms with E-state index in [-0.39, 0.29) is 28.4 Å². The minimum Gasteiger partial charge on any atom is -0.451 e. The Morgan fingerprint density at radius 1 is 1.07 bits per heavy atom. The molecule has 0 spiro atoms. The molecule has 160 valence electrons. The van der Waals surface area contributed by atoms with Crippen molar-refractivity contribution in [3.05, 3.63) is 11.6 Å². The first-order chi connectivity index (χ1) is 13.5. The van der Waals surface area contributed by atoms with Crippen LogP contribution in [-0.4, -0.2) is 26.9 Å². The van der Waals surface area contributed by atoms with Gasteiger partial charge in [0.1, 0.15) is 3.74 Å². The lowest BCUT2D eigenvalue weighted by molar-refractivity contribution is -0.187. The molecule has 0 bridgehead atoms. The van der Waals surface area contributed by atoms with E-state index >= 15 is 0 Å². The SMILES string of the molecule is CC(=O)O[C@@]1(C(=O)C(Br)Br)CC[C@H]2[C@@H]3CCC4=CC(=O)CC[C@]4(C)[C@H]3CC[C@@]21C. The summed E-state index contributed by atoms with van der Waals surface area (Å²) in [7, 11) is 0. The van der Waals surface area contributed by atoms with Crippen LogP contribution in [0.1, 0.15) is 72.1 Å². The molecule has 0 unspecified atom stereocenters. The van der Waals surface area contributed by atoms with E-state index in [2.05, 4.69) is 45.7 Å². The average molecular weight is 530 g/mol. The first-order valence-electron chi connectivity index (χ1n) is 10.8. The minimum absolute atomic E-state index is 0.0676. The third kappa shape index (κ3) is 3.06. The second kappa shape index (κ2) is 7.29. The van der Waals surface area contributed by atoms with Crippen LogP contribution in [0.15, 0.2) is 11.6 Å². The molecule has 0 aromatic carbocycles. The number of halogens is 2. The number of esters is 1. The summed E-state index contributed by atoms with van der Waals surface area (Å²) < 4.78 is 5.39. The number of carbonyl (C=O) groups is 3. The lowest BCUT2D eigenvalue weighted by atomic mass is 9.46. The third-order valence-electron chi connectivity index (χ3n) is 9.00. The highest BCUT2D eigenvalue weighted by Gasteiger charge is 2.69. The summed E-state index contributed by atoms with van der Waals surface area (Å²) in [4.78, 5) is 37.4. The van der Waals surface area contributed by atoms with Crippen LogP contribution >= 0.6 is 31.9 Å². The summed E-state index contributed by atoms with van der Waals surface area (Å²) in [5, 5.41) is 0. The molecular weight excluding hydrogens is 500 g/mol. The Bertz CT molecular complexity index is 790. The molecule has 0 aliphatic heterocycles. The van der Waals surface area contributed by atoms with Gasteiger partial charge in [0.2, 0.25) is 5.78 Å². The number of allylic oxidation sites excluding steroid dienone is 1. The molecule has 0 aromatic heterocycles. The fourth-order valence-corrected chi connectivity index (χ4v) is 8.34. The number of hydrogen-bond donors (Lipinski definition) is 0. The summed E-state index contributed by atoms with van der Waals surface area (Å²) in [6.07, 6.45) is 8.97. The summed E-state index contributed by atoms with van der Waals surface area (Å²) in [5.41, 5.74) is 0.0343. The van der Waals surface area contributed by atoms with E-state index in [0.29, 0.717) is 30.6 Å². The van der Waals surface area contributed by atoms with Crippen molar-refractivity contribution in [2.45, 2.75) is 81.5 Å². The lowest BCUT2D eigenvalue weighted by Crippen LogP contribution is -2.60. The van der Waals surface area contributed by atoms with Crippen LogP contribution in [-0.2, 0) is 19.1 Å². The van der Waals surface area contributed by atoms with E-state index in [0.717, 1.165) is 38.5 Å². The van der Waals surface area contributed by atoms with Gasteiger partial charge in [0.05, 0.1) is 0 Å². The predicted molar refractivity (Wildman–Crippen MR) is 118 cm³/mol. The Labute approximate surface area is 189 Å². The molecule has 6 heteroatoms. The Morgan fingerprint density at radius 2 is 1.76 bits per heavy atom. The van der Waals surface area contributed by atoms with Crippen molar-refractivity contribution in [2.24, 2.45) is 28.6 Å². The van der Waals surface area contributed by atoms with Crippen LogP contribution < -0.4 is 0 Å². The Kier molecular flexibility index (Phi) is 5.46. The summed E-state index contributed by atoms with van der Waals surface area (Å²) in [5.74, 6) is 1.24. The van der Waals surface area contributed by atoms with Crippen molar-refractivity contribution >= 4 is 49.4 Å². The fourth-order valence-electron chi connectivity index (χ4n) is 7.60. The average Bonchev–Trinajstić information content (AvgIpc) is 2.94. The zero-order chi connectivity index (χ0) is 21.2. The monoisotopic (exact) mass is 528 g/mol. The highest BCUT2D eigenvalue weighted by atomic mass is 79.9. The van der Waals surface area contributed by atoms with Crippen molar-refractivity contribution in [1.29, 1.82) is 0 Å². The normalized spacial score (nSPS) is 43.9. The number of ether oxygens (including phenoxy) is 1. The molecule has 4 aliphatic rings. The van der Waals surface area contributed by atoms with E-state index in [1.807, 2.05) is 6.08 Å². The van der Waals surface area contributed by atoms with E-state index in [4.69, 9.17) is 4.74 Å². The molecule has 4 nitrogen and oxygen atoms in total. The fraction of sp³-hybridized carbons (Fsp3) is 0.783. The van der Waals surface area contributed by atoms with Gasteiger partial charge in [-0.3, -0.25) is 14.4 Å². The second-order valence-electron chi connectivity index (χ2n) is 10.0. The van der Waals surface area contributed by atoms with Gasteiger partial charge < -0.3 is 4.74 Å². The summed E-state index contributed by atoms with van der Waals surface area (Å²) >= 11 is 6.76. The minimum atomic E-state index is -1.06. The van der Waals surface area contributed by atoms with Gasteiger partial charge in [-0.05, 0) is 74.2 Å². The van der Waals surface area contributed by atoms with Gasteiger partial charge in [0.25, 0.3) is 0 Å². The molecule has 0 heterocycles.